The van der Waals surface area contributed by atoms with E-state index in [0.717, 1.165) is 17.6 Å². The van der Waals surface area contributed by atoms with E-state index < -0.39 is 0 Å². The van der Waals surface area contributed by atoms with Gasteiger partial charge in [0, 0.05) is 43.8 Å². The van der Waals surface area contributed by atoms with Crippen LogP contribution in [0.2, 0.25) is 0 Å². The first-order chi connectivity index (χ1) is 5.42. The molecule has 2 rings (SSSR count). The van der Waals surface area contributed by atoms with Crippen molar-refractivity contribution in [3.05, 3.63) is 36.9 Å². The maximum absolute atomic E-state index is 4.12. The Balaban J connectivity index is 0.000000720. The van der Waals surface area contributed by atoms with Gasteiger partial charge in [0.1, 0.15) is 0 Å². The second-order valence-electron chi connectivity index (χ2n) is 2.47. The summed E-state index contributed by atoms with van der Waals surface area (Å²) < 4.78 is 0. The molecule has 0 aliphatic carbocycles. The van der Waals surface area contributed by atoms with E-state index in [2.05, 4.69) is 23.2 Å². The summed E-state index contributed by atoms with van der Waals surface area (Å²) in [6.45, 7) is 3.81. The van der Waals surface area contributed by atoms with Crippen molar-refractivity contribution >= 4 is 10.9 Å². The Morgan fingerprint density at radius 3 is 2.83 bits per heavy atom. The molecule has 2 nitrogen and oxygen atoms in total. The summed E-state index contributed by atoms with van der Waals surface area (Å²) in [6.07, 6.45) is 0.764. The summed E-state index contributed by atoms with van der Waals surface area (Å²) in [6, 6.07) is 8.04. The molecule has 1 heterocycles. The summed E-state index contributed by atoms with van der Waals surface area (Å²) in [5, 5.41) is 8.26. The molecule has 0 fully saturated rings. The van der Waals surface area contributed by atoms with Gasteiger partial charge in [-0.15, -0.1) is 6.42 Å². The Hall–Kier alpha value is -0.206. The third-order valence-corrected chi connectivity index (χ3v) is 1.79. The molecule has 0 aliphatic heterocycles. The van der Waals surface area contributed by atoms with Crippen LogP contribution in [0.15, 0.2) is 24.3 Å². The van der Waals surface area contributed by atoms with E-state index in [-0.39, 0.29) is 32.7 Å². The second kappa shape index (κ2) is 4.15. The van der Waals surface area contributed by atoms with Crippen molar-refractivity contribution in [3.8, 4) is 0 Å². The van der Waals surface area contributed by atoms with E-state index in [0.29, 0.717) is 0 Å². The number of hydrogen-bond donors (Lipinski definition) is 1. The zero-order valence-corrected chi connectivity index (χ0v) is 9.59. The average Bonchev–Trinajstić information content (AvgIpc) is 2.47. The third-order valence-electron chi connectivity index (χ3n) is 1.79. The number of nitrogens with zero attached hydrogens (tertiary/aromatic N) is 1. The molecule has 1 radical (unpaired) electrons. The standard InChI is InChI=1S/C9H9N2.Y/c1-2-8-7-5-3-4-6-9(7)11-10-8;/h3-6H,1-2H2,(H,10,11);/q-1;. The van der Waals surface area contributed by atoms with Crippen molar-refractivity contribution in [1.29, 1.82) is 0 Å². The molecule has 0 bridgehead atoms. The molecule has 0 saturated carbocycles. The van der Waals surface area contributed by atoms with Crippen LogP contribution in [0.4, 0.5) is 0 Å². The number of aromatic nitrogens is 2. The molecule has 0 amide bonds. The topological polar surface area (TPSA) is 28.7 Å². The van der Waals surface area contributed by atoms with Crippen LogP contribution < -0.4 is 0 Å². The Morgan fingerprint density at radius 1 is 1.33 bits per heavy atom. The minimum Gasteiger partial charge on any atom is -0.338 e. The van der Waals surface area contributed by atoms with Crippen LogP contribution in [0.25, 0.3) is 10.9 Å². The second-order valence-corrected chi connectivity index (χ2v) is 2.47. The van der Waals surface area contributed by atoms with Crippen LogP contribution in [0, 0.1) is 6.92 Å². The number of aromatic amines is 1. The molecule has 2 aromatic rings. The molecule has 0 saturated heterocycles. The van der Waals surface area contributed by atoms with Crippen LogP contribution in [-0.4, -0.2) is 10.2 Å². The molecule has 1 aromatic carbocycles. The van der Waals surface area contributed by atoms with Crippen LogP contribution in [-0.2, 0) is 39.1 Å². The average molecular weight is 234 g/mol. The smallest absolute Gasteiger partial charge is 0.0922 e. The van der Waals surface area contributed by atoms with Crippen LogP contribution in [0.3, 0.4) is 0 Å². The molecular formula is C9H9N2Y-. The SMILES string of the molecule is [CH2-]Cc1[nH]nc2ccccc12.[Y]. The van der Waals surface area contributed by atoms with E-state index in [9.17, 15) is 0 Å². The Labute approximate surface area is 96.6 Å². The predicted molar refractivity (Wildman–Crippen MR) is 45.2 cm³/mol. The number of H-pyrrole nitrogens is 1. The van der Waals surface area contributed by atoms with E-state index in [1.165, 1.54) is 5.39 Å². The summed E-state index contributed by atoms with van der Waals surface area (Å²) in [5.41, 5.74) is 2.13. The zero-order valence-electron chi connectivity index (χ0n) is 6.75. The minimum absolute atomic E-state index is 0. The van der Waals surface area contributed by atoms with Gasteiger partial charge in [-0.3, -0.25) is 5.10 Å². The van der Waals surface area contributed by atoms with Gasteiger partial charge in [0.25, 0.3) is 0 Å². The fourth-order valence-corrected chi connectivity index (χ4v) is 1.20. The molecule has 1 aromatic heterocycles. The molecule has 1 N–H and O–H groups in total. The van der Waals surface area contributed by atoms with Crippen molar-refractivity contribution in [3.63, 3.8) is 0 Å². The van der Waals surface area contributed by atoms with Crippen molar-refractivity contribution in [2.75, 3.05) is 0 Å². The molecular weight excluding hydrogens is 225 g/mol. The summed E-state index contributed by atoms with van der Waals surface area (Å²) in [7, 11) is 0. The fourth-order valence-electron chi connectivity index (χ4n) is 1.20. The number of fused-ring (bicyclic) bond motifs is 1. The first-order valence-electron chi connectivity index (χ1n) is 3.63. The monoisotopic (exact) mass is 234 g/mol. The van der Waals surface area contributed by atoms with Crippen LogP contribution in [0.5, 0.6) is 0 Å². The summed E-state index contributed by atoms with van der Waals surface area (Å²) in [4.78, 5) is 0. The van der Waals surface area contributed by atoms with E-state index in [4.69, 9.17) is 0 Å². The van der Waals surface area contributed by atoms with E-state index >= 15 is 0 Å². The molecule has 3 heteroatoms. The van der Waals surface area contributed by atoms with Crippen LogP contribution in [0.1, 0.15) is 5.69 Å². The van der Waals surface area contributed by atoms with Crippen LogP contribution >= 0.6 is 0 Å². The normalized spacial score (nSPS) is 9.75. The first-order valence-corrected chi connectivity index (χ1v) is 3.63. The van der Waals surface area contributed by atoms with Gasteiger partial charge in [0.2, 0.25) is 0 Å². The van der Waals surface area contributed by atoms with Crippen molar-refractivity contribution in [2.45, 2.75) is 6.42 Å². The van der Waals surface area contributed by atoms with Gasteiger partial charge in [-0.25, -0.2) is 0 Å². The number of benzene rings is 1. The molecule has 0 atom stereocenters. The number of hydrogen-bond acceptors (Lipinski definition) is 1. The van der Waals surface area contributed by atoms with Crippen molar-refractivity contribution < 1.29 is 32.7 Å². The maximum Gasteiger partial charge on any atom is 0.0922 e. The summed E-state index contributed by atoms with van der Waals surface area (Å²) >= 11 is 0. The molecule has 0 spiro atoms. The number of nitrogens with one attached hydrogen (secondary N) is 1. The quantitative estimate of drug-likeness (QED) is 0.750. The number of para-hydroxylation sites is 1. The Morgan fingerprint density at radius 2 is 2.08 bits per heavy atom. The molecule has 12 heavy (non-hydrogen) atoms. The van der Waals surface area contributed by atoms with Gasteiger partial charge >= 0.3 is 0 Å². The van der Waals surface area contributed by atoms with Crippen molar-refractivity contribution in [2.24, 2.45) is 0 Å². The summed E-state index contributed by atoms with van der Waals surface area (Å²) in [5.74, 6) is 0. The zero-order chi connectivity index (χ0) is 7.68. The van der Waals surface area contributed by atoms with Gasteiger partial charge in [-0.1, -0.05) is 18.2 Å². The van der Waals surface area contributed by atoms with Gasteiger partial charge in [-0.05, 0) is 6.07 Å². The predicted octanol–water partition coefficient (Wildman–Crippen LogP) is 1.94. The minimum atomic E-state index is 0. The van der Waals surface area contributed by atoms with Crippen molar-refractivity contribution in [1.82, 2.24) is 10.2 Å². The third kappa shape index (κ3) is 1.59. The molecule has 0 aliphatic rings. The van der Waals surface area contributed by atoms with Gasteiger partial charge < -0.3 is 6.92 Å². The van der Waals surface area contributed by atoms with Gasteiger partial charge in [0.15, 0.2) is 0 Å². The van der Waals surface area contributed by atoms with E-state index in [1.807, 2.05) is 18.2 Å². The maximum atomic E-state index is 4.12. The molecule has 59 valence electrons. The molecule has 0 unspecified atom stereocenters. The number of rotatable bonds is 1. The first kappa shape index (κ1) is 9.88. The largest absolute Gasteiger partial charge is 0.338 e. The van der Waals surface area contributed by atoms with Gasteiger partial charge in [0.05, 0.1) is 5.52 Å². The fraction of sp³-hybridized carbons (Fsp3) is 0.111. The van der Waals surface area contributed by atoms with Gasteiger partial charge in [-0.2, -0.15) is 5.10 Å². The van der Waals surface area contributed by atoms with E-state index in [1.54, 1.807) is 0 Å². The Kier molecular flexibility index (Phi) is 3.42. The Bertz CT molecular complexity index is 367.